The van der Waals surface area contributed by atoms with Gasteiger partial charge in [-0.1, -0.05) is 29.8 Å². The van der Waals surface area contributed by atoms with Crippen LogP contribution >= 0.6 is 11.6 Å². The van der Waals surface area contributed by atoms with Gasteiger partial charge in [-0.05, 0) is 36.8 Å². The highest BCUT2D eigenvalue weighted by molar-refractivity contribution is 6.30. The van der Waals surface area contributed by atoms with Crippen molar-refractivity contribution in [1.82, 2.24) is 0 Å². The van der Waals surface area contributed by atoms with E-state index in [1.54, 1.807) is 42.5 Å². The van der Waals surface area contributed by atoms with Gasteiger partial charge < -0.3 is 9.47 Å². The first-order valence-electron chi connectivity index (χ1n) is 6.62. The highest BCUT2D eigenvalue weighted by Gasteiger charge is 2.08. The molecule has 4 nitrogen and oxygen atoms in total. The van der Waals surface area contributed by atoms with Gasteiger partial charge in [0, 0.05) is 10.6 Å². The molecule has 0 saturated heterocycles. The Hall–Kier alpha value is -2.51. The number of aryl methyl sites for hydroxylation is 1. The van der Waals surface area contributed by atoms with E-state index in [-0.39, 0.29) is 13.2 Å². The molecule has 0 spiro atoms. The fourth-order valence-corrected chi connectivity index (χ4v) is 2.09. The fourth-order valence-electron chi connectivity index (χ4n) is 1.87. The molecule has 2 rings (SSSR count). The lowest BCUT2D eigenvalue weighted by Crippen LogP contribution is -2.15. The Bertz CT molecular complexity index is 722. The van der Waals surface area contributed by atoms with Crippen molar-refractivity contribution in [1.29, 1.82) is 5.26 Å². The second kappa shape index (κ2) is 7.48. The fraction of sp³-hybridized carbons (Fsp3) is 0.176. The molecule has 0 unspecified atom stereocenters. The second-order valence-electron chi connectivity index (χ2n) is 4.63. The quantitative estimate of drug-likeness (QED) is 0.790. The number of nitriles is 1. The molecule has 0 heterocycles. The molecule has 0 amide bonds. The zero-order chi connectivity index (χ0) is 15.9. The van der Waals surface area contributed by atoms with Crippen LogP contribution in [0.3, 0.4) is 0 Å². The standard InChI is InChI=1S/C17H14ClNO3/c1-12-8-15(18)6-7-16(12)21-11-17(20)22-10-14-5-3-2-4-13(14)9-19/h2-8H,10-11H2,1H3. The van der Waals surface area contributed by atoms with Crippen molar-refractivity contribution >= 4 is 17.6 Å². The topological polar surface area (TPSA) is 59.3 Å². The maximum Gasteiger partial charge on any atom is 0.344 e. The number of esters is 1. The number of hydrogen-bond donors (Lipinski definition) is 0. The summed E-state index contributed by atoms with van der Waals surface area (Å²) < 4.78 is 10.5. The zero-order valence-corrected chi connectivity index (χ0v) is 12.8. The molecular formula is C17H14ClNO3. The average Bonchev–Trinajstić information content (AvgIpc) is 2.52. The van der Waals surface area contributed by atoms with Crippen LogP contribution in [0.5, 0.6) is 5.75 Å². The van der Waals surface area contributed by atoms with Gasteiger partial charge in [-0.15, -0.1) is 0 Å². The summed E-state index contributed by atoms with van der Waals surface area (Å²) in [6, 6.07) is 14.2. The van der Waals surface area contributed by atoms with Crippen LogP contribution in [0.4, 0.5) is 0 Å². The smallest absolute Gasteiger partial charge is 0.344 e. The van der Waals surface area contributed by atoms with Gasteiger partial charge in [0.15, 0.2) is 6.61 Å². The monoisotopic (exact) mass is 315 g/mol. The maximum absolute atomic E-state index is 11.7. The molecule has 0 saturated carbocycles. The van der Waals surface area contributed by atoms with E-state index in [0.29, 0.717) is 21.9 Å². The normalized spacial score (nSPS) is 9.86. The van der Waals surface area contributed by atoms with Crippen LogP contribution in [-0.2, 0) is 16.1 Å². The number of carbonyl (C=O) groups is 1. The molecule has 0 radical (unpaired) electrons. The van der Waals surface area contributed by atoms with E-state index < -0.39 is 5.97 Å². The van der Waals surface area contributed by atoms with E-state index in [9.17, 15) is 4.79 Å². The van der Waals surface area contributed by atoms with Gasteiger partial charge in [0.2, 0.25) is 0 Å². The van der Waals surface area contributed by atoms with E-state index in [0.717, 1.165) is 5.56 Å². The number of benzene rings is 2. The molecule has 112 valence electrons. The van der Waals surface area contributed by atoms with E-state index in [4.69, 9.17) is 26.3 Å². The first-order chi connectivity index (χ1) is 10.6. The summed E-state index contributed by atoms with van der Waals surface area (Å²) in [4.78, 5) is 11.7. The molecule has 22 heavy (non-hydrogen) atoms. The highest BCUT2D eigenvalue weighted by atomic mass is 35.5. The number of carbonyl (C=O) groups excluding carboxylic acids is 1. The third kappa shape index (κ3) is 4.24. The van der Waals surface area contributed by atoms with E-state index in [1.165, 1.54) is 0 Å². The summed E-state index contributed by atoms with van der Waals surface area (Å²) in [6.45, 7) is 1.69. The summed E-state index contributed by atoms with van der Waals surface area (Å²) in [5.74, 6) is 0.0841. The molecule has 0 atom stereocenters. The Labute approximate surface area is 133 Å². The minimum absolute atomic E-state index is 0.0471. The second-order valence-corrected chi connectivity index (χ2v) is 5.06. The Morgan fingerprint density at radius 2 is 2.05 bits per heavy atom. The average molecular weight is 316 g/mol. The molecule has 0 fully saturated rings. The van der Waals surface area contributed by atoms with E-state index >= 15 is 0 Å². The Kier molecular flexibility index (Phi) is 5.40. The van der Waals surface area contributed by atoms with Crippen molar-refractivity contribution in [3.8, 4) is 11.8 Å². The van der Waals surface area contributed by atoms with Gasteiger partial charge in [0.25, 0.3) is 0 Å². The summed E-state index contributed by atoms with van der Waals surface area (Å²) >= 11 is 5.85. The van der Waals surface area contributed by atoms with Gasteiger partial charge in [0.1, 0.15) is 12.4 Å². The van der Waals surface area contributed by atoms with Crippen LogP contribution in [0.1, 0.15) is 16.7 Å². The van der Waals surface area contributed by atoms with Crippen molar-refractivity contribution in [2.45, 2.75) is 13.5 Å². The van der Waals surface area contributed by atoms with Crippen molar-refractivity contribution in [2.24, 2.45) is 0 Å². The lowest BCUT2D eigenvalue weighted by Gasteiger charge is -2.10. The Morgan fingerprint density at radius 1 is 1.27 bits per heavy atom. The summed E-state index contributed by atoms with van der Waals surface area (Å²) in [6.07, 6.45) is 0. The minimum atomic E-state index is -0.498. The molecule has 5 heteroatoms. The predicted octanol–water partition coefficient (Wildman–Crippen LogP) is 3.64. The molecule has 2 aromatic rings. The number of halogens is 1. The number of rotatable bonds is 5. The highest BCUT2D eigenvalue weighted by Crippen LogP contribution is 2.21. The van der Waals surface area contributed by atoms with Gasteiger partial charge in [-0.2, -0.15) is 5.26 Å². The zero-order valence-electron chi connectivity index (χ0n) is 12.0. The maximum atomic E-state index is 11.7. The van der Waals surface area contributed by atoms with Gasteiger partial charge >= 0.3 is 5.97 Å². The van der Waals surface area contributed by atoms with Crippen LogP contribution < -0.4 is 4.74 Å². The van der Waals surface area contributed by atoms with Gasteiger partial charge in [-0.25, -0.2) is 4.79 Å². The van der Waals surface area contributed by atoms with Crippen LogP contribution in [0.15, 0.2) is 42.5 Å². The first kappa shape index (κ1) is 15.9. The summed E-state index contributed by atoms with van der Waals surface area (Å²) in [5, 5.41) is 9.57. The third-order valence-corrected chi connectivity index (χ3v) is 3.24. The largest absolute Gasteiger partial charge is 0.482 e. The lowest BCUT2D eigenvalue weighted by molar-refractivity contribution is -0.147. The van der Waals surface area contributed by atoms with Crippen LogP contribution in [0.2, 0.25) is 5.02 Å². The molecular weight excluding hydrogens is 302 g/mol. The molecule has 0 aliphatic carbocycles. The van der Waals surface area contributed by atoms with Crippen LogP contribution in [0, 0.1) is 18.3 Å². The number of hydrogen-bond acceptors (Lipinski definition) is 4. The van der Waals surface area contributed by atoms with Crippen LogP contribution in [0.25, 0.3) is 0 Å². The first-order valence-corrected chi connectivity index (χ1v) is 7.00. The summed E-state index contributed by atoms with van der Waals surface area (Å²) in [7, 11) is 0. The van der Waals surface area contributed by atoms with Crippen molar-refractivity contribution in [3.05, 3.63) is 64.2 Å². The van der Waals surface area contributed by atoms with Crippen LogP contribution in [-0.4, -0.2) is 12.6 Å². The lowest BCUT2D eigenvalue weighted by atomic mass is 10.1. The van der Waals surface area contributed by atoms with E-state index in [1.807, 2.05) is 6.92 Å². The Morgan fingerprint density at radius 3 is 2.77 bits per heavy atom. The molecule has 0 bridgehead atoms. The van der Waals surface area contributed by atoms with Crippen molar-refractivity contribution in [3.63, 3.8) is 0 Å². The minimum Gasteiger partial charge on any atom is -0.482 e. The molecule has 2 aromatic carbocycles. The third-order valence-electron chi connectivity index (χ3n) is 3.01. The number of nitrogens with zero attached hydrogens (tertiary/aromatic N) is 1. The number of ether oxygens (including phenoxy) is 2. The Balaban J connectivity index is 1.87. The summed E-state index contributed by atoms with van der Waals surface area (Å²) in [5.41, 5.74) is 2.00. The van der Waals surface area contributed by atoms with Gasteiger partial charge in [-0.3, -0.25) is 0 Å². The van der Waals surface area contributed by atoms with Crippen molar-refractivity contribution in [2.75, 3.05) is 6.61 Å². The predicted molar refractivity (Wildman–Crippen MR) is 82.6 cm³/mol. The molecule has 0 N–H and O–H groups in total. The van der Waals surface area contributed by atoms with Gasteiger partial charge in [0.05, 0.1) is 11.6 Å². The molecule has 0 aromatic heterocycles. The SMILES string of the molecule is Cc1cc(Cl)ccc1OCC(=O)OCc1ccccc1C#N. The molecule has 0 aliphatic rings. The van der Waals surface area contributed by atoms with E-state index in [2.05, 4.69) is 6.07 Å². The van der Waals surface area contributed by atoms with Crippen molar-refractivity contribution < 1.29 is 14.3 Å². The molecule has 0 aliphatic heterocycles.